The Morgan fingerprint density at radius 1 is 1.00 bits per heavy atom. The second-order valence-corrected chi connectivity index (χ2v) is 7.74. The molecule has 1 amide bonds. The summed E-state index contributed by atoms with van der Waals surface area (Å²) in [6.45, 7) is 5.24. The predicted octanol–water partition coefficient (Wildman–Crippen LogP) is 2.79. The van der Waals surface area contributed by atoms with Gasteiger partial charge < -0.3 is 9.84 Å². The van der Waals surface area contributed by atoms with Crippen LogP contribution in [0.1, 0.15) is 42.3 Å². The lowest BCUT2D eigenvalue weighted by Gasteiger charge is -2.26. The number of esters is 1. The van der Waals surface area contributed by atoms with Crippen molar-refractivity contribution >= 4 is 17.8 Å². The molecule has 0 saturated heterocycles. The molecule has 154 valence electrons. The largest absolute Gasteiger partial charge is 0.478 e. The summed E-state index contributed by atoms with van der Waals surface area (Å²) in [4.78, 5) is 36.6. The number of benzene rings is 2. The third kappa shape index (κ3) is 6.73. The molecule has 1 unspecified atom stereocenters. The van der Waals surface area contributed by atoms with E-state index in [1.54, 1.807) is 32.9 Å². The number of nitrogens with zero attached hydrogens (tertiary/aromatic N) is 1. The van der Waals surface area contributed by atoms with Crippen molar-refractivity contribution in [2.45, 2.75) is 39.3 Å². The number of carboxylic acid groups (broad SMARTS) is 1. The van der Waals surface area contributed by atoms with Crippen molar-refractivity contribution in [3.63, 3.8) is 0 Å². The van der Waals surface area contributed by atoms with Crippen LogP contribution in [0.2, 0.25) is 0 Å². The number of nitrogens with two attached hydrogens (primary N) is 1. The standard InChI is InChI=1S/C22H26N2O5/c1-22(2,3)29-21(28)18(13-15-7-5-4-6-8-15)19(25)24(23)14-16-9-11-17(12-10-16)20(26)27/h4-12,18H,13-14,23H2,1-3H3,(H,26,27). The van der Waals surface area contributed by atoms with E-state index in [-0.39, 0.29) is 18.5 Å². The van der Waals surface area contributed by atoms with Crippen molar-refractivity contribution in [3.05, 3.63) is 71.3 Å². The number of carbonyl (C=O) groups is 3. The molecule has 2 aromatic carbocycles. The lowest BCUT2D eigenvalue weighted by atomic mass is 9.97. The van der Waals surface area contributed by atoms with E-state index in [1.807, 2.05) is 30.3 Å². The van der Waals surface area contributed by atoms with Crippen LogP contribution in [0.15, 0.2) is 54.6 Å². The number of carboxylic acids is 1. The SMILES string of the molecule is CC(C)(C)OC(=O)C(Cc1ccccc1)C(=O)N(N)Cc1ccc(C(=O)O)cc1. The molecule has 0 heterocycles. The van der Waals surface area contributed by atoms with E-state index in [0.717, 1.165) is 10.6 Å². The van der Waals surface area contributed by atoms with Crippen LogP contribution in [0.3, 0.4) is 0 Å². The monoisotopic (exact) mass is 398 g/mol. The third-order valence-electron chi connectivity index (χ3n) is 4.11. The van der Waals surface area contributed by atoms with E-state index in [9.17, 15) is 14.4 Å². The normalized spacial score (nSPS) is 12.1. The molecule has 7 nitrogen and oxygen atoms in total. The topological polar surface area (TPSA) is 110 Å². The molecule has 0 aromatic heterocycles. The van der Waals surface area contributed by atoms with E-state index < -0.39 is 29.4 Å². The Kier molecular flexibility index (Phi) is 7.12. The van der Waals surface area contributed by atoms with Gasteiger partial charge >= 0.3 is 11.9 Å². The number of aromatic carboxylic acids is 1. The van der Waals surface area contributed by atoms with Crippen molar-refractivity contribution in [2.24, 2.45) is 11.8 Å². The van der Waals surface area contributed by atoms with Gasteiger partial charge in [0.05, 0.1) is 12.1 Å². The Morgan fingerprint density at radius 3 is 2.10 bits per heavy atom. The van der Waals surface area contributed by atoms with E-state index >= 15 is 0 Å². The molecular weight excluding hydrogens is 372 g/mol. The number of hydrogen-bond donors (Lipinski definition) is 2. The van der Waals surface area contributed by atoms with Crippen LogP contribution in [0, 0.1) is 5.92 Å². The van der Waals surface area contributed by atoms with Crippen LogP contribution in [0.25, 0.3) is 0 Å². The molecule has 2 aromatic rings. The molecule has 0 fully saturated rings. The van der Waals surface area contributed by atoms with E-state index in [1.165, 1.54) is 12.1 Å². The molecule has 0 bridgehead atoms. The second kappa shape index (κ2) is 9.34. The van der Waals surface area contributed by atoms with E-state index in [4.69, 9.17) is 15.7 Å². The first-order valence-electron chi connectivity index (χ1n) is 9.22. The lowest BCUT2D eigenvalue weighted by Crippen LogP contribution is -2.45. The zero-order valence-electron chi connectivity index (χ0n) is 16.8. The summed E-state index contributed by atoms with van der Waals surface area (Å²) in [7, 11) is 0. The van der Waals surface area contributed by atoms with Crippen LogP contribution < -0.4 is 5.84 Å². The highest BCUT2D eigenvalue weighted by Crippen LogP contribution is 2.18. The van der Waals surface area contributed by atoms with E-state index in [0.29, 0.717) is 5.56 Å². The van der Waals surface area contributed by atoms with Gasteiger partial charge in [-0.2, -0.15) is 0 Å². The van der Waals surface area contributed by atoms with Gasteiger partial charge in [-0.15, -0.1) is 0 Å². The Labute approximate surface area is 170 Å². The summed E-state index contributed by atoms with van der Waals surface area (Å²) < 4.78 is 5.43. The molecule has 3 N–H and O–H groups in total. The summed E-state index contributed by atoms with van der Waals surface area (Å²) in [5, 5.41) is 9.94. The molecule has 0 radical (unpaired) electrons. The average Bonchev–Trinajstić information content (AvgIpc) is 2.65. The molecule has 0 aliphatic carbocycles. The first-order valence-corrected chi connectivity index (χ1v) is 9.22. The number of hydrazine groups is 1. The fraction of sp³-hybridized carbons (Fsp3) is 0.318. The van der Waals surface area contributed by atoms with Gasteiger partial charge in [0, 0.05) is 0 Å². The molecular formula is C22H26N2O5. The number of amides is 1. The van der Waals surface area contributed by atoms with E-state index in [2.05, 4.69) is 0 Å². The molecule has 0 spiro atoms. The van der Waals surface area contributed by atoms with Crippen molar-refractivity contribution in [2.75, 3.05) is 0 Å². The minimum absolute atomic E-state index is 0.0345. The molecule has 1 atom stereocenters. The summed E-state index contributed by atoms with van der Waals surface area (Å²) in [5.74, 6) is 2.64. The van der Waals surface area contributed by atoms with Gasteiger partial charge in [0.2, 0.25) is 0 Å². The fourth-order valence-corrected chi connectivity index (χ4v) is 2.72. The molecule has 0 aliphatic rings. The van der Waals surface area contributed by atoms with Crippen LogP contribution >= 0.6 is 0 Å². The molecule has 0 saturated carbocycles. The summed E-state index contributed by atoms with van der Waals surface area (Å²) in [5.41, 5.74) is 0.863. The highest BCUT2D eigenvalue weighted by Gasteiger charge is 2.33. The lowest BCUT2D eigenvalue weighted by molar-refractivity contribution is -0.165. The number of hydrogen-bond acceptors (Lipinski definition) is 5. The van der Waals surface area contributed by atoms with Gasteiger partial charge in [-0.25, -0.2) is 10.6 Å². The average molecular weight is 398 g/mol. The quantitative estimate of drug-likeness (QED) is 0.244. The third-order valence-corrected chi connectivity index (χ3v) is 4.11. The minimum Gasteiger partial charge on any atom is -0.478 e. The van der Waals surface area contributed by atoms with Crippen LogP contribution in [-0.4, -0.2) is 33.6 Å². The zero-order valence-corrected chi connectivity index (χ0v) is 16.8. The van der Waals surface area contributed by atoms with Crippen molar-refractivity contribution < 1.29 is 24.2 Å². The maximum atomic E-state index is 13.0. The van der Waals surface area contributed by atoms with Crippen molar-refractivity contribution in [1.82, 2.24) is 5.01 Å². The molecule has 2 rings (SSSR count). The van der Waals surface area contributed by atoms with Gasteiger partial charge in [-0.3, -0.25) is 14.6 Å². The smallest absolute Gasteiger partial charge is 0.335 e. The maximum absolute atomic E-state index is 13.0. The molecule has 29 heavy (non-hydrogen) atoms. The first-order chi connectivity index (χ1) is 13.6. The van der Waals surface area contributed by atoms with Gasteiger partial charge in [0.25, 0.3) is 5.91 Å². The zero-order chi connectivity index (χ0) is 21.6. The summed E-state index contributed by atoms with van der Waals surface area (Å²) >= 11 is 0. The first kappa shape index (κ1) is 22.1. The molecule has 0 aliphatic heterocycles. The summed E-state index contributed by atoms with van der Waals surface area (Å²) in [6, 6.07) is 15.2. The number of ether oxygens (including phenoxy) is 1. The Hall–Kier alpha value is -3.19. The Bertz CT molecular complexity index is 857. The Morgan fingerprint density at radius 2 is 1.59 bits per heavy atom. The van der Waals surface area contributed by atoms with Gasteiger partial charge in [0.1, 0.15) is 11.5 Å². The molecule has 7 heteroatoms. The predicted molar refractivity (Wildman–Crippen MR) is 108 cm³/mol. The van der Waals surface area contributed by atoms with Crippen LogP contribution in [-0.2, 0) is 27.3 Å². The fourth-order valence-electron chi connectivity index (χ4n) is 2.72. The van der Waals surface area contributed by atoms with Gasteiger partial charge in [0.15, 0.2) is 0 Å². The highest BCUT2D eigenvalue weighted by atomic mass is 16.6. The van der Waals surface area contributed by atoms with Gasteiger partial charge in [-0.1, -0.05) is 42.5 Å². The number of rotatable bonds is 7. The van der Waals surface area contributed by atoms with Crippen molar-refractivity contribution in [1.29, 1.82) is 0 Å². The van der Waals surface area contributed by atoms with Crippen LogP contribution in [0.4, 0.5) is 0 Å². The summed E-state index contributed by atoms with van der Waals surface area (Å²) in [6.07, 6.45) is 0.167. The van der Waals surface area contributed by atoms with Crippen LogP contribution in [0.5, 0.6) is 0 Å². The van der Waals surface area contributed by atoms with Gasteiger partial charge in [-0.05, 0) is 50.5 Å². The minimum atomic E-state index is -1.08. The van der Waals surface area contributed by atoms with Crippen molar-refractivity contribution in [3.8, 4) is 0 Å². The maximum Gasteiger partial charge on any atom is 0.335 e. The highest BCUT2D eigenvalue weighted by molar-refractivity contribution is 5.98. The Balaban J connectivity index is 2.17. The number of carbonyl (C=O) groups excluding carboxylic acids is 2. The second-order valence-electron chi connectivity index (χ2n) is 7.74.